The zero-order chi connectivity index (χ0) is 50.0. The highest BCUT2D eigenvalue weighted by molar-refractivity contribution is 5.91. The summed E-state index contributed by atoms with van der Waals surface area (Å²) in [5, 5.41) is 9.15. The van der Waals surface area contributed by atoms with Crippen molar-refractivity contribution in [2.45, 2.75) is 137 Å². The number of carbonyl (C=O) groups is 6. The summed E-state index contributed by atoms with van der Waals surface area (Å²) in [6, 6.07) is 15.9. The van der Waals surface area contributed by atoms with Crippen molar-refractivity contribution in [2.75, 3.05) is 48.5 Å². The number of ketones is 2. The molecule has 9 atom stereocenters. The molecule has 1 fully saturated rings. The van der Waals surface area contributed by atoms with Crippen LogP contribution in [-0.4, -0.2) is 134 Å². The highest BCUT2D eigenvalue weighted by atomic mass is 16.5. The van der Waals surface area contributed by atoms with Crippen molar-refractivity contribution in [3.8, 4) is 0 Å². The van der Waals surface area contributed by atoms with E-state index in [0.29, 0.717) is 37.9 Å². The van der Waals surface area contributed by atoms with Crippen molar-refractivity contribution >= 4 is 41.4 Å². The third kappa shape index (κ3) is 16.5. The van der Waals surface area contributed by atoms with E-state index < -0.39 is 48.1 Å². The van der Waals surface area contributed by atoms with Crippen LogP contribution in [0.2, 0.25) is 0 Å². The van der Waals surface area contributed by atoms with Crippen molar-refractivity contribution in [3.63, 3.8) is 0 Å². The molecule has 0 aromatic heterocycles. The number of hydrogen-bond donors (Lipinski definition) is 1. The zero-order valence-corrected chi connectivity index (χ0v) is 42.4. The molecule has 2 amide bonds. The minimum Gasteiger partial charge on any atom is -0.481 e. The Hall–Kier alpha value is -4.72. The van der Waals surface area contributed by atoms with Gasteiger partial charge in [-0.3, -0.25) is 28.9 Å². The maximum absolute atomic E-state index is 14.6. The highest BCUT2D eigenvalue weighted by Gasteiger charge is 2.43. The van der Waals surface area contributed by atoms with E-state index in [1.54, 1.807) is 38.3 Å². The second kappa shape index (κ2) is 27.9. The number of carbonyl (C=O) groups excluding carboxylic acids is 5. The lowest BCUT2D eigenvalue weighted by molar-refractivity contribution is -0.149. The van der Waals surface area contributed by atoms with Gasteiger partial charge in [0, 0.05) is 58.9 Å². The van der Waals surface area contributed by atoms with Gasteiger partial charge in [0.1, 0.15) is 5.78 Å². The molecule has 67 heavy (non-hydrogen) atoms. The number of hydrogen-bond acceptors (Lipinski definition) is 10. The number of Topliss-reactive ketones (excluding diaryl/α,β-unsaturated/α-hetero) is 2. The summed E-state index contributed by atoms with van der Waals surface area (Å²) < 4.78 is 17.1. The highest BCUT2D eigenvalue weighted by Crippen LogP contribution is 2.32. The van der Waals surface area contributed by atoms with Crippen LogP contribution < -0.4 is 0 Å². The number of nitrogens with zero attached hydrogens (tertiary/aromatic N) is 3. The van der Waals surface area contributed by atoms with Crippen LogP contribution in [0.25, 0.3) is 6.08 Å². The molecule has 372 valence electrons. The van der Waals surface area contributed by atoms with Gasteiger partial charge in [0.05, 0.1) is 49.4 Å². The molecule has 1 aliphatic heterocycles. The Balaban J connectivity index is 1.80. The predicted molar refractivity (Wildman–Crippen MR) is 262 cm³/mol. The van der Waals surface area contributed by atoms with E-state index in [0.717, 1.165) is 24.0 Å². The van der Waals surface area contributed by atoms with Crippen LogP contribution in [0.1, 0.15) is 121 Å². The molecule has 13 heteroatoms. The molecule has 3 rings (SSSR count). The van der Waals surface area contributed by atoms with Gasteiger partial charge in [0.15, 0.2) is 5.78 Å². The van der Waals surface area contributed by atoms with Gasteiger partial charge in [-0.25, -0.2) is 4.79 Å². The number of ether oxygens (including phenoxy) is 3. The van der Waals surface area contributed by atoms with Crippen LogP contribution in [0.5, 0.6) is 0 Å². The molecule has 0 bridgehead atoms. The van der Waals surface area contributed by atoms with Crippen molar-refractivity contribution in [1.82, 2.24) is 14.7 Å². The number of benzene rings is 2. The van der Waals surface area contributed by atoms with E-state index in [4.69, 9.17) is 19.3 Å². The first-order valence-electron chi connectivity index (χ1n) is 24.3. The van der Waals surface area contributed by atoms with Crippen LogP contribution in [0.4, 0.5) is 0 Å². The van der Waals surface area contributed by atoms with E-state index in [9.17, 15) is 28.8 Å². The molecule has 0 unspecified atom stereocenters. The number of esters is 1. The number of allylic oxidation sites excluding steroid dienone is 1. The number of methoxy groups -OCH3 is 3. The number of rotatable bonds is 29. The van der Waals surface area contributed by atoms with Gasteiger partial charge in [-0.1, -0.05) is 110 Å². The lowest BCUT2D eigenvalue weighted by atomic mass is 9.83. The lowest BCUT2D eigenvalue weighted by Gasteiger charge is -2.41. The van der Waals surface area contributed by atoms with Gasteiger partial charge in [0.2, 0.25) is 11.8 Å². The van der Waals surface area contributed by atoms with Crippen molar-refractivity contribution in [2.24, 2.45) is 35.5 Å². The Labute approximate surface area is 401 Å². The molecule has 13 nitrogen and oxygen atoms in total. The molecule has 1 N–H and O–H groups in total. The summed E-state index contributed by atoms with van der Waals surface area (Å²) in [6.07, 6.45) is 6.39. The largest absolute Gasteiger partial charge is 0.481 e. The smallest absolute Gasteiger partial charge is 0.337 e. The summed E-state index contributed by atoms with van der Waals surface area (Å²) in [5.41, 5.74) is 2.45. The Bertz CT molecular complexity index is 1920. The molecule has 2 aromatic rings. The van der Waals surface area contributed by atoms with E-state index in [1.165, 1.54) is 7.11 Å². The van der Waals surface area contributed by atoms with Crippen LogP contribution >= 0.6 is 0 Å². The van der Waals surface area contributed by atoms with Gasteiger partial charge in [0.25, 0.3) is 0 Å². The first-order valence-corrected chi connectivity index (χ1v) is 24.3. The lowest BCUT2D eigenvalue weighted by Crippen LogP contribution is -2.54. The third-order valence-corrected chi connectivity index (χ3v) is 13.9. The average molecular weight is 932 g/mol. The first-order chi connectivity index (χ1) is 31.8. The van der Waals surface area contributed by atoms with Crippen LogP contribution in [0, 0.1) is 35.5 Å². The molecule has 0 radical (unpaired) electrons. The molecule has 1 heterocycles. The second-order valence-electron chi connectivity index (χ2n) is 19.4. The summed E-state index contributed by atoms with van der Waals surface area (Å²) >= 11 is 0. The van der Waals surface area contributed by atoms with E-state index in [-0.39, 0.29) is 78.8 Å². The van der Waals surface area contributed by atoms with Gasteiger partial charge in [-0.2, -0.15) is 0 Å². The fourth-order valence-corrected chi connectivity index (χ4v) is 9.96. The second-order valence-corrected chi connectivity index (χ2v) is 19.4. The standard InChI is InChI=1S/C54H81N3O10/c1-13-37(6)51(56(9)53(63)43(35(2)3)33-46(59)50(36(4)5)55(8)29-18-22-49(61)62)47(65-10)34-48(60)57-30-17-21-44(57)52(66-11)38(7)45(58)32-41(31-40-19-15-14-16-20-40)24-23-39-25-27-42(28-26-39)54(64)67-12/h14-16,19-20,23-28,35-38,41,43-44,47,50-52H,13,17-18,21-22,29-34H2,1-12H3,(H,61,62)/b24-23+/t37-,38-,41+,43-,44-,47+,50-,51-,52+/m0/s1. The van der Waals surface area contributed by atoms with Gasteiger partial charge in [-0.15, -0.1) is 0 Å². The SMILES string of the molecule is CC[C@H](C)[C@@H]([C@@H](CC(=O)N1CCC[C@H]1[C@H](OC)[C@@H](C)C(=O)C[C@H](/C=C/c1ccc(C(=O)OC)cc1)Cc1ccccc1)OC)N(C)C(=O)[C@@H](CC(=O)[C@H](C(C)C)N(C)CCCC(=O)O)C(C)C. The number of carboxylic acids is 1. The Kier molecular flexibility index (Phi) is 23.6. The summed E-state index contributed by atoms with van der Waals surface area (Å²) in [6.45, 7) is 14.8. The van der Waals surface area contributed by atoms with Gasteiger partial charge >= 0.3 is 11.9 Å². The van der Waals surface area contributed by atoms with Crippen LogP contribution in [-0.2, 0) is 44.6 Å². The Morgan fingerprint density at radius 2 is 1.49 bits per heavy atom. The number of amides is 2. The van der Waals surface area contributed by atoms with Crippen LogP contribution in [0.15, 0.2) is 60.7 Å². The molecule has 0 saturated carbocycles. The number of aliphatic carboxylic acids is 1. The Morgan fingerprint density at radius 1 is 0.836 bits per heavy atom. The topological polar surface area (TPSA) is 160 Å². The van der Waals surface area contributed by atoms with Crippen molar-refractivity contribution in [1.29, 1.82) is 0 Å². The number of likely N-dealkylation sites (tertiary alicyclic amines) is 1. The third-order valence-electron chi connectivity index (χ3n) is 13.9. The summed E-state index contributed by atoms with van der Waals surface area (Å²) in [5.74, 6) is -3.11. The maximum Gasteiger partial charge on any atom is 0.337 e. The number of likely N-dealkylation sites (N-methyl/N-ethyl adjacent to an activating group) is 2. The quantitative estimate of drug-likeness (QED) is 0.0783. The van der Waals surface area contributed by atoms with E-state index in [1.807, 2.05) is 101 Å². The first kappa shape index (κ1) is 56.6. The fourth-order valence-electron chi connectivity index (χ4n) is 9.96. The predicted octanol–water partition coefficient (Wildman–Crippen LogP) is 8.28. The molecular weight excluding hydrogens is 851 g/mol. The molecule has 0 aliphatic carbocycles. The van der Waals surface area contributed by atoms with Gasteiger partial charge < -0.3 is 29.1 Å². The summed E-state index contributed by atoms with van der Waals surface area (Å²) in [7, 11) is 8.10. The monoisotopic (exact) mass is 932 g/mol. The van der Waals surface area contributed by atoms with E-state index in [2.05, 4.69) is 19.1 Å². The minimum atomic E-state index is -0.879. The van der Waals surface area contributed by atoms with E-state index >= 15 is 0 Å². The molecule has 1 aliphatic rings. The van der Waals surface area contributed by atoms with Crippen molar-refractivity contribution in [3.05, 3.63) is 77.4 Å². The minimum absolute atomic E-state index is 0.0141. The zero-order valence-electron chi connectivity index (χ0n) is 42.4. The summed E-state index contributed by atoms with van der Waals surface area (Å²) in [4.78, 5) is 86.0. The maximum atomic E-state index is 14.6. The Morgan fingerprint density at radius 3 is 2.04 bits per heavy atom. The molecule has 1 saturated heterocycles. The fraction of sp³-hybridized carbons (Fsp3) is 0.630. The van der Waals surface area contributed by atoms with Crippen LogP contribution in [0.3, 0.4) is 0 Å². The normalized spacial score (nSPS) is 17.8. The van der Waals surface area contributed by atoms with Crippen molar-refractivity contribution < 1.29 is 48.1 Å². The molecule has 2 aromatic carbocycles. The molecule has 0 spiro atoms. The number of carboxylic acid groups (broad SMARTS) is 1. The molecular formula is C54H81N3O10. The average Bonchev–Trinajstić information content (AvgIpc) is 3.79. The van der Waals surface area contributed by atoms with Gasteiger partial charge in [-0.05, 0) is 86.2 Å².